The maximum absolute atomic E-state index is 11.0. The summed E-state index contributed by atoms with van der Waals surface area (Å²) in [5.74, 6) is 0.353. The number of aromatic nitrogens is 2. The van der Waals surface area contributed by atoms with Crippen LogP contribution in [0.3, 0.4) is 0 Å². The Labute approximate surface area is 172 Å². The zero-order chi connectivity index (χ0) is 19.6. The van der Waals surface area contributed by atoms with Crippen molar-refractivity contribution in [1.82, 2.24) is 9.55 Å². The van der Waals surface area contributed by atoms with Crippen LogP contribution in [0.4, 0.5) is 0 Å². The molecule has 0 amide bonds. The van der Waals surface area contributed by atoms with E-state index < -0.39 is 0 Å². The molecule has 0 unspecified atom stereocenters. The Morgan fingerprint density at radius 1 is 1.00 bits per heavy atom. The van der Waals surface area contributed by atoms with Gasteiger partial charge < -0.3 is 14.4 Å². The van der Waals surface area contributed by atoms with E-state index in [9.17, 15) is 5.11 Å². The summed E-state index contributed by atoms with van der Waals surface area (Å²) in [7, 11) is 0. The first-order chi connectivity index (χ1) is 14.3. The molecule has 4 heteroatoms. The average molecular weight is 389 g/mol. The third kappa shape index (κ3) is 3.75. The van der Waals surface area contributed by atoms with Crippen molar-refractivity contribution in [1.29, 1.82) is 0 Å². The van der Waals surface area contributed by atoms with E-state index in [1.165, 1.54) is 16.7 Å². The van der Waals surface area contributed by atoms with Crippen LogP contribution in [0, 0.1) is 5.92 Å². The molecule has 0 saturated heterocycles. The molecule has 3 aromatic rings. The number of aliphatic hydroxyl groups excluding tert-OH is 1. The molecule has 1 fully saturated rings. The molecule has 1 N–H and O–H groups in total. The van der Waals surface area contributed by atoms with Crippen molar-refractivity contribution in [3.8, 4) is 11.3 Å². The van der Waals surface area contributed by atoms with Gasteiger partial charge in [-0.2, -0.15) is 0 Å². The van der Waals surface area contributed by atoms with E-state index in [1.807, 2.05) is 18.6 Å². The van der Waals surface area contributed by atoms with E-state index in [0.29, 0.717) is 18.6 Å². The van der Waals surface area contributed by atoms with Gasteiger partial charge in [0.15, 0.2) is 0 Å². The van der Waals surface area contributed by atoms with Gasteiger partial charge in [0, 0.05) is 5.56 Å². The molecule has 5 rings (SSSR count). The summed E-state index contributed by atoms with van der Waals surface area (Å²) in [4.78, 5) is 4.33. The number of benzene rings is 2. The number of ether oxygens (including phenoxy) is 1. The first kappa shape index (κ1) is 18.6. The number of rotatable bonds is 6. The average Bonchev–Trinajstić information content (AvgIpc) is 3.36. The monoisotopic (exact) mass is 388 g/mol. The van der Waals surface area contributed by atoms with E-state index in [4.69, 9.17) is 4.74 Å². The maximum Gasteiger partial charge on any atom is 0.0956 e. The molecule has 29 heavy (non-hydrogen) atoms. The van der Waals surface area contributed by atoms with E-state index in [-0.39, 0.29) is 12.1 Å². The molecule has 2 aromatic carbocycles. The van der Waals surface area contributed by atoms with Gasteiger partial charge in [-0.1, -0.05) is 54.6 Å². The fourth-order valence-electron chi connectivity index (χ4n) is 5.02. The predicted octanol–water partition coefficient (Wildman–Crippen LogP) is 4.98. The molecule has 0 bridgehead atoms. The summed E-state index contributed by atoms with van der Waals surface area (Å²) < 4.78 is 8.34. The Kier molecular flexibility index (Phi) is 5.21. The molecule has 4 nitrogen and oxygen atoms in total. The van der Waals surface area contributed by atoms with Crippen LogP contribution >= 0.6 is 0 Å². The number of hydrogen-bond donors (Lipinski definition) is 1. The minimum Gasteiger partial charge on any atom is -0.393 e. The van der Waals surface area contributed by atoms with Crippen molar-refractivity contribution >= 4 is 0 Å². The van der Waals surface area contributed by atoms with Crippen LogP contribution in [0.2, 0.25) is 0 Å². The van der Waals surface area contributed by atoms with Crippen molar-refractivity contribution in [3.05, 3.63) is 78.2 Å². The molecule has 2 aliphatic rings. The fourth-order valence-corrected chi connectivity index (χ4v) is 5.02. The Hall–Kier alpha value is -2.43. The topological polar surface area (TPSA) is 47.3 Å². The van der Waals surface area contributed by atoms with E-state index >= 15 is 0 Å². The third-order valence-electron chi connectivity index (χ3n) is 6.65. The van der Waals surface area contributed by atoms with Gasteiger partial charge in [0.1, 0.15) is 0 Å². The highest BCUT2D eigenvalue weighted by Gasteiger charge is 2.33. The van der Waals surface area contributed by atoms with Gasteiger partial charge in [0.05, 0.1) is 43.1 Å². The zero-order valence-electron chi connectivity index (χ0n) is 16.7. The molecule has 1 aromatic heterocycles. The lowest BCUT2D eigenvalue weighted by Gasteiger charge is -2.32. The number of fused-ring (bicyclic) bond motifs is 3. The Morgan fingerprint density at radius 3 is 2.59 bits per heavy atom. The molecule has 1 aliphatic heterocycles. The summed E-state index contributed by atoms with van der Waals surface area (Å²) in [5.41, 5.74) is 4.95. The highest BCUT2D eigenvalue weighted by atomic mass is 16.5. The summed E-state index contributed by atoms with van der Waals surface area (Å²) in [6, 6.07) is 19.1. The maximum atomic E-state index is 11.0. The van der Waals surface area contributed by atoms with Gasteiger partial charge >= 0.3 is 0 Å². The smallest absolute Gasteiger partial charge is 0.0956 e. The van der Waals surface area contributed by atoms with Gasteiger partial charge in [0.2, 0.25) is 0 Å². The second kappa shape index (κ2) is 8.13. The van der Waals surface area contributed by atoms with Crippen molar-refractivity contribution < 1.29 is 9.84 Å². The highest BCUT2D eigenvalue weighted by Crippen LogP contribution is 2.42. The lowest BCUT2D eigenvalue weighted by Crippen LogP contribution is -2.30. The first-order valence-electron chi connectivity index (χ1n) is 10.7. The molecule has 2 heterocycles. The van der Waals surface area contributed by atoms with Crippen molar-refractivity contribution in [2.24, 2.45) is 5.92 Å². The number of hydrogen-bond acceptors (Lipinski definition) is 3. The summed E-state index contributed by atoms with van der Waals surface area (Å²) in [6.45, 7) is 0.682. The van der Waals surface area contributed by atoms with Gasteiger partial charge in [-0.25, -0.2) is 4.98 Å². The van der Waals surface area contributed by atoms with E-state index in [1.54, 1.807) is 0 Å². The van der Waals surface area contributed by atoms with Crippen LogP contribution in [0.5, 0.6) is 0 Å². The van der Waals surface area contributed by atoms with Crippen LogP contribution in [0.15, 0.2) is 67.1 Å². The summed E-state index contributed by atoms with van der Waals surface area (Å²) in [6.07, 6.45) is 8.74. The summed E-state index contributed by atoms with van der Waals surface area (Å²) in [5, 5.41) is 11.0. The van der Waals surface area contributed by atoms with Crippen LogP contribution in [0.1, 0.15) is 49.3 Å². The molecule has 0 spiro atoms. The number of imidazole rings is 1. The molecule has 2 atom stereocenters. The fraction of sp³-hybridized carbons (Fsp3) is 0.400. The van der Waals surface area contributed by atoms with E-state index in [2.05, 4.69) is 58.1 Å². The molecule has 1 saturated carbocycles. The van der Waals surface area contributed by atoms with Crippen LogP contribution < -0.4 is 0 Å². The van der Waals surface area contributed by atoms with Gasteiger partial charge in [-0.3, -0.25) is 0 Å². The van der Waals surface area contributed by atoms with Crippen molar-refractivity contribution in [2.75, 3.05) is 0 Å². The quantitative estimate of drug-likeness (QED) is 0.648. The zero-order valence-corrected chi connectivity index (χ0v) is 16.7. The lowest BCUT2D eigenvalue weighted by molar-refractivity contribution is -0.0160. The molecule has 1 aliphatic carbocycles. The van der Waals surface area contributed by atoms with Crippen molar-refractivity contribution in [2.45, 2.75) is 57.0 Å². The second-order valence-corrected chi connectivity index (χ2v) is 8.43. The first-order valence-corrected chi connectivity index (χ1v) is 10.7. The molecular weight excluding hydrogens is 360 g/mol. The summed E-state index contributed by atoms with van der Waals surface area (Å²) >= 11 is 0. The third-order valence-corrected chi connectivity index (χ3v) is 6.65. The Bertz CT molecular complexity index is 944. The number of nitrogens with zero attached hydrogens (tertiary/aromatic N) is 2. The van der Waals surface area contributed by atoms with Gasteiger partial charge in [0.25, 0.3) is 0 Å². The minimum atomic E-state index is -0.295. The normalized spacial score (nSPS) is 24.1. The van der Waals surface area contributed by atoms with Crippen LogP contribution in [-0.4, -0.2) is 26.9 Å². The number of aliphatic hydroxyl groups is 1. The molecular formula is C25H28N2O2. The lowest BCUT2D eigenvalue weighted by atomic mass is 9.81. The molecule has 0 radical (unpaired) electrons. The largest absolute Gasteiger partial charge is 0.393 e. The van der Waals surface area contributed by atoms with E-state index in [0.717, 1.165) is 37.8 Å². The highest BCUT2D eigenvalue weighted by molar-refractivity contribution is 5.68. The van der Waals surface area contributed by atoms with Gasteiger partial charge in [-0.15, -0.1) is 0 Å². The standard InChI is InChI=1S/C25H28N2O2/c28-25(14-23-21-8-4-5-9-22(21)24-15-26-17-27(23)24)19-10-12-20(13-11-19)29-16-18-6-2-1-3-7-18/h1-9,15,17,19-20,23,25,28H,10-14,16H2/t19?,20?,23-,25+/m1/s1. The van der Waals surface area contributed by atoms with Crippen molar-refractivity contribution in [3.63, 3.8) is 0 Å². The van der Waals surface area contributed by atoms with Crippen LogP contribution in [-0.2, 0) is 11.3 Å². The van der Waals surface area contributed by atoms with Crippen LogP contribution in [0.25, 0.3) is 11.3 Å². The Morgan fingerprint density at radius 2 is 1.76 bits per heavy atom. The van der Waals surface area contributed by atoms with Gasteiger partial charge in [-0.05, 0) is 49.1 Å². The Balaban J connectivity index is 1.17. The molecule has 150 valence electrons. The minimum absolute atomic E-state index is 0.186. The SMILES string of the molecule is O[C@@H](C[C@@H]1c2ccccc2-c2cncn21)C1CCC(OCc2ccccc2)CC1. The predicted molar refractivity (Wildman–Crippen MR) is 113 cm³/mol. The second-order valence-electron chi connectivity index (χ2n) is 8.43.